The predicted octanol–water partition coefficient (Wildman–Crippen LogP) is 2.82. The van der Waals surface area contributed by atoms with Gasteiger partial charge in [-0.3, -0.25) is 4.79 Å². The zero-order valence-electron chi connectivity index (χ0n) is 12.8. The van der Waals surface area contributed by atoms with Gasteiger partial charge in [0.1, 0.15) is 17.6 Å². The highest BCUT2D eigenvalue weighted by molar-refractivity contribution is 6.17. The van der Waals surface area contributed by atoms with E-state index in [1.165, 1.54) is 0 Å². The van der Waals surface area contributed by atoms with Gasteiger partial charge in [-0.1, -0.05) is 0 Å². The van der Waals surface area contributed by atoms with Gasteiger partial charge >= 0.3 is 0 Å². The molecule has 0 radical (unpaired) electrons. The summed E-state index contributed by atoms with van der Waals surface area (Å²) in [5.74, 6) is 1.70. The van der Waals surface area contributed by atoms with E-state index in [1.807, 2.05) is 36.6 Å². The number of aromatic nitrogens is 2. The molecular formula is C15H20ClN3O2. The van der Waals surface area contributed by atoms with Crippen molar-refractivity contribution in [2.45, 2.75) is 25.8 Å². The molecule has 114 valence electrons. The van der Waals surface area contributed by atoms with Crippen molar-refractivity contribution < 1.29 is 9.53 Å². The zero-order valence-corrected chi connectivity index (χ0v) is 13.5. The summed E-state index contributed by atoms with van der Waals surface area (Å²) in [6.45, 7) is 4.47. The van der Waals surface area contributed by atoms with Crippen LogP contribution in [0.1, 0.15) is 25.7 Å². The molecule has 5 nitrogen and oxygen atoms in total. The van der Waals surface area contributed by atoms with Crippen molar-refractivity contribution in [1.82, 2.24) is 14.5 Å². The molecule has 0 bridgehead atoms. The molecule has 0 saturated heterocycles. The number of carbonyl (C=O) groups excluding carboxylic acids is 1. The Hall–Kier alpha value is -1.75. The standard InChI is InChI=1S/C15H20ClN3O2/c1-5-18(3)15(20)10(2)19-13-8-11(21-4)6-7-12(13)17-14(19)9-16/h6-8,10H,5,9H2,1-4H3. The third-order valence-electron chi connectivity index (χ3n) is 3.68. The van der Waals surface area contributed by atoms with E-state index in [1.54, 1.807) is 19.1 Å². The molecule has 2 rings (SSSR count). The van der Waals surface area contributed by atoms with Crippen LogP contribution in [0.5, 0.6) is 5.75 Å². The molecule has 21 heavy (non-hydrogen) atoms. The van der Waals surface area contributed by atoms with Crippen molar-refractivity contribution in [1.29, 1.82) is 0 Å². The molecule has 0 aliphatic heterocycles. The van der Waals surface area contributed by atoms with Crippen LogP contribution >= 0.6 is 11.6 Å². The molecule has 0 aliphatic rings. The van der Waals surface area contributed by atoms with Gasteiger partial charge in [0.2, 0.25) is 5.91 Å². The Balaban J connectivity index is 2.56. The number of nitrogens with zero attached hydrogens (tertiary/aromatic N) is 3. The van der Waals surface area contributed by atoms with Crippen molar-refractivity contribution in [2.24, 2.45) is 0 Å². The zero-order chi connectivity index (χ0) is 15.6. The minimum absolute atomic E-state index is 0.0333. The lowest BCUT2D eigenvalue weighted by atomic mass is 10.2. The second kappa shape index (κ2) is 6.35. The number of imidazole rings is 1. The molecule has 0 spiro atoms. The molecule has 1 heterocycles. The molecule has 0 aliphatic carbocycles. The van der Waals surface area contributed by atoms with Gasteiger partial charge in [-0.2, -0.15) is 0 Å². The summed E-state index contributed by atoms with van der Waals surface area (Å²) in [4.78, 5) is 18.6. The maximum Gasteiger partial charge on any atom is 0.245 e. The van der Waals surface area contributed by atoms with E-state index in [4.69, 9.17) is 16.3 Å². The highest BCUT2D eigenvalue weighted by Crippen LogP contribution is 2.26. The summed E-state index contributed by atoms with van der Waals surface area (Å²) in [5, 5.41) is 0. The minimum Gasteiger partial charge on any atom is -0.497 e. The third-order valence-corrected chi connectivity index (χ3v) is 3.92. The number of likely N-dealkylation sites (N-methyl/N-ethyl adjacent to an activating group) is 1. The number of hydrogen-bond acceptors (Lipinski definition) is 3. The lowest BCUT2D eigenvalue weighted by Crippen LogP contribution is -2.33. The van der Waals surface area contributed by atoms with Crippen LogP contribution in [0.3, 0.4) is 0 Å². The predicted molar refractivity (Wildman–Crippen MR) is 83.9 cm³/mol. The van der Waals surface area contributed by atoms with E-state index >= 15 is 0 Å². The molecule has 1 amide bonds. The van der Waals surface area contributed by atoms with Gasteiger partial charge in [0.15, 0.2) is 0 Å². The molecule has 1 unspecified atom stereocenters. The number of ether oxygens (including phenoxy) is 1. The number of methoxy groups -OCH3 is 1. The molecular weight excluding hydrogens is 290 g/mol. The average molecular weight is 310 g/mol. The highest BCUT2D eigenvalue weighted by Gasteiger charge is 2.23. The second-order valence-electron chi connectivity index (χ2n) is 4.91. The Kier molecular flexibility index (Phi) is 4.73. The summed E-state index contributed by atoms with van der Waals surface area (Å²) in [6.07, 6.45) is 0. The van der Waals surface area contributed by atoms with Gasteiger partial charge in [0.25, 0.3) is 0 Å². The molecule has 0 fully saturated rings. The van der Waals surface area contributed by atoms with Crippen molar-refractivity contribution >= 4 is 28.5 Å². The fourth-order valence-electron chi connectivity index (χ4n) is 2.36. The molecule has 1 aromatic carbocycles. The quantitative estimate of drug-likeness (QED) is 0.798. The molecule has 0 N–H and O–H groups in total. The minimum atomic E-state index is -0.360. The summed E-state index contributed by atoms with van der Waals surface area (Å²) in [7, 11) is 3.41. The van der Waals surface area contributed by atoms with Gasteiger partial charge in [-0.15, -0.1) is 11.6 Å². The van der Waals surface area contributed by atoms with Crippen LogP contribution in [0.4, 0.5) is 0 Å². The molecule has 6 heteroatoms. The number of alkyl halides is 1. The molecule has 2 aromatic rings. The summed E-state index contributed by atoms with van der Waals surface area (Å²) in [5.41, 5.74) is 1.67. The first-order valence-corrected chi connectivity index (χ1v) is 7.42. The Morgan fingerprint density at radius 3 is 2.81 bits per heavy atom. The first kappa shape index (κ1) is 15.6. The molecule has 1 aromatic heterocycles. The number of rotatable bonds is 5. The van der Waals surface area contributed by atoms with Crippen LogP contribution in [0.15, 0.2) is 18.2 Å². The fraction of sp³-hybridized carbons (Fsp3) is 0.467. The van der Waals surface area contributed by atoms with Crippen molar-refractivity contribution in [2.75, 3.05) is 20.7 Å². The van der Waals surface area contributed by atoms with E-state index in [2.05, 4.69) is 4.98 Å². The maximum atomic E-state index is 12.4. The monoisotopic (exact) mass is 309 g/mol. The van der Waals surface area contributed by atoms with Crippen molar-refractivity contribution in [3.05, 3.63) is 24.0 Å². The second-order valence-corrected chi connectivity index (χ2v) is 5.18. The lowest BCUT2D eigenvalue weighted by molar-refractivity contribution is -0.132. The van der Waals surface area contributed by atoms with Gasteiger partial charge < -0.3 is 14.2 Å². The lowest BCUT2D eigenvalue weighted by Gasteiger charge is -2.22. The van der Waals surface area contributed by atoms with E-state index in [9.17, 15) is 4.79 Å². The van der Waals surface area contributed by atoms with Gasteiger partial charge in [-0.25, -0.2) is 4.98 Å². The Labute approximate surface area is 129 Å². The number of halogens is 1. The van der Waals surface area contributed by atoms with Crippen LogP contribution in [0, 0.1) is 0 Å². The van der Waals surface area contributed by atoms with Crippen LogP contribution in [-0.4, -0.2) is 41.1 Å². The Morgan fingerprint density at radius 1 is 1.52 bits per heavy atom. The molecule has 0 saturated carbocycles. The van der Waals surface area contributed by atoms with E-state index in [0.29, 0.717) is 12.4 Å². The first-order valence-electron chi connectivity index (χ1n) is 6.89. The van der Waals surface area contributed by atoms with Crippen molar-refractivity contribution in [3.8, 4) is 5.75 Å². The smallest absolute Gasteiger partial charge is 0.245 e. The highest BCUT2D eigenvalue weighted by atomic mass is 35.5. The number of hydrogen-bond donors (Lipinski definition) is 0. The number of fused-ring (bicyclic) bond motifs is 1. The summed E-state index contributed by atoms with van der Waals surface area (Å²) in [6, 6.07) is 5.25. The number of benzene rings is 1. The van der Waals surface area contributed by atoms with E-state index < -0.39 is 0 Å². The van der Waals surface area contributed by atoms with Crippen molar-refractivity contribution in [3.63, 3.8) is 0 Å². The number of amides is 1. The van der Waals surface area contributed by atoms with Crippen LogP contribution < -0.4 is 4.74 Å². The first-order chi connectivity index (χ1) is 10.0. The number of carbonyl (C=O) groups is 1. The normalized spacial score (nSPS) is 12.4. The SMILES string of the molecule is CCN(C)C(=O)C(C)n1c(CCl)nc2ccc(OC)cc21. The maximum absolute atomic E-state index is 12.4. The van der Waals surface area contributed by atoms with Crippen LogP contribution in [0.25, 0.3) is 11.0 Å². The van der Waals surface area contributed by atoms with Crippen LogP contribution in [-0.2, 0) is 10.7 Å². The van der Waals surface area contributed by atoms with Gasteiger partial charge in [0.05, 0.1) is 24.0 Å². The summed E-state index contributed by atoms with van der Waals surface area (Å²) < 4.78 is 7.15. The van der Waals surface area contributed by atoms with Crippen LogP contribution in [0.2, 0.25) is 0 Å². The third kappa shape index (κ3) is 2.83. The average Bonchev–Trinajstić information content (AvgIpc) is 2.89. The largest absolute Gasteiger partial charge is 0.497 e. The topological polar surface area (TPSA) is 47.4 Å². The molecule has 1 atom stereocenters. The fourth-order valence-corrected chi connectivity index (χ4v) is 2.55. The van der Waals surface area contributed by atoms with Gasteiger partial charge in [0, 0.05) is 19.7 Å². The van der Waals surface area contributed by atoms with E-state index in [-0.39, 0.29) is 17.8 Å². The van der Waals surface area contributed by atoms with Gasteiger partial charge in [-0.05, 0) is 26.0 Å². The van der Waals surface area contributed by atoms with E-state index in [0.717, 1.165) is 16.8 Å². The Morgan fingerprint density at radius 2 is 2.24 bits per heavy atom. The Bertz CT molecular complexity index is 654. The summed E-state index contributed by atoms with van der Waals surface area (Å²) >= 11 is 6.00.